The van der Waals surface area contributed by atoms with E-state index in [0.717, 1.165) is 11.8 Å². The minimum atomic E-state index is -1.05. The Kier molecular flexibility index (Phi) is 3.07. The Hall–Kier alpha value is -1.57. The van der Waals surface area contributed by atoms with Gasteiger partial charge in [-0.3, -0.25) is 14.6 Å². The molecule has 0 radical (unpaired) electrons. The van der Waals surface area contributed by atoms with Crippen molar-refractivity contribution < 1.29 is 9.90 Å². The highest BCUT2D eigenvalue weighted by atomic mass is 32.2. The lowest BCUT2D eigenvalue weighted by Gasteiger charge is -2.02. The highest BCUT2D eigenvalue weighted by molar-refractivity contribution is 8.00. The van der Waals surface area contributed by atoms with E-state index < -0.39 is 22.5 Å². The molecule has 0 fully saturated rings. The number of rotatable bonds is 3. The van der Waals surface area contributed by atoms with Crippen LogP contribution < -0.4 is 11.2 Å². The molecule has 0 aromatic carbocycles. The van der Waals surface area contributed by atoms with Gasteiger partial charge in [0.1, 0.15) is 5.25 Å². The molecule has 0 bridgehead atoms. The molecule has 7 nitrogen and oxygen atoms in total. The SMILES string of the molecule is C[C@H](Sc1n[nH]c(=O)[nH]c1=O)C(=O)O. The molecule has 0 unspecified atom stereocenters. The van der Waals surface area contributed by atoms with Crippen molar-refractivity contribution in [3.05, 3.63) is 20.8 Å². The molecule has 76 valence electrons. The number of carbonyl (C=O) groups is 1. The van der Waals surface area contributed by atoms with Gasteiger partial charge < -0.3 is 5.11 Å². The Bertz CT molecular complexity index is 451. The topological polar surface area (TPSA) is 116 Å². The minimum Gasteiger partial charge on any atom is -0.480 e. The van der Waals surface area contributed by atoms with Gasteiger partial charge >= 0.3 is 11.7 Å². The highest BCUT2D eigenvalue weighted by Gasteiger charge is 2.15. The maximum absolute atomic E-state index is 11.0. The van der Waals surface area contributed by atoms with E-state index in [0.29, 0.717) is 0 Å². The van der Waals surface area contributed by atoms with E-state index in [-0.39, 0.29) is 5.03 Å². The fraction of sp³-hybridized carbons (Fsp3) is 0.333. The summed E-state index contributed by atoms with van der Waals surface area (Å²) < 4.78 is 0. The first-order valence-electron chi connectivity index (χ1n) is 3.59. The third-order valence-corrected chi connectivity index (χ3v) is 2.37. The maximum Gasteiger partial charge on any atom is 0.342 e. The zero-order valence-corrected chi connectivity index (χ0v) is 7.92. The Balaban J connectivity index is 2.93. The number of carboxylic acids is 1. The predicted octanol–water partition coefficient (Wildman–Crippen LogP) is -0.977. The van der Waals surface area contributed by atoms with Crippen LogP contribution in [0.4, 0.5) is 0 Å². The number of H-pyrrole nitrogens is 2. The molecule has 0 aliphatic carbocycles. The molecule has 0 spiro atoms. The van der Waals surface area contributed by atoms with Crippen LogP contribution in [0.25, 0.3) is 0 Å². The van der Waals surface area contributed by atoms with Crippen molar-refractivity contribution in [3.8, 4) is 0 Å². The lowest BCUT2D eigenvalue weighted by Crippen LogP contribution is -2.26. The first-order valence-corrected chi connectivity index (χ1v) is 4.47. The van der Waals surface area contributed by atoms with Crippen molar-refractivity contribution >= 4 is 17.7 Å². The van der Waals surface area contributed by atoms with Gasteiger partial charge in [0.15, 0.2) is 5.03 Å². The second-order valence-electron chi connectivity index (χ2n) is 2.41. The van der Waals surface area contributed by atoms with Crippen molar-refractivity contribution in [2.75, 3.05) is 0 Å². The third-order valence-electron chi connectivity index (χ3n) is 1.32. The van der Waals surface area contributed by atoms with E-state index in [1.807, 2.05) is 10.1 Å². The molecular formula is C6H7N3O4S. The summed E-state index contributed by atoms with van der Waals surface area (Å²) in [5.41, 5.74) is -1.41. The van der Waals surface area contributed by atoms with E-state index in [9.17, 15) is 14.4 Å². The van der Waals surface area contributed by atoms with Gasteiger partial charge in [-0.05, 0) is 6.92 Å². The fourth-order valence-corrected chi connectivity index (χ4v) is 1.33. The largest absolute Gasteiger partial charge is 0.480 e. The summed E-state index contributed by atoms with van der Waals surface area (Å²) >= 11 is 0.762. The zero-order valence-electron chi connectivity index (χ0n) is 7.10. The van der Waals surface area contributed by atoms with Gasteiger partial charge in [0.25, 0.3) is 5.56 Å². The quantitative estimate of drug-likeness (QED) is 0.560. The molecule has 8 heteroatoms. The van der Waals surface area contributed by atoms with Crippen molar-refractivity contribution in [1.82, 2.24) is 15.2 Å². The van der Waals surface area contributed by atoms with Gasteiger partial charge in [0.2, 0.25) is 0 Å². The summed E-state index contributed by atoms with van der Waals surface area (Å²) in [6.07, 6.45) is 0. The molecule has 14 heavy (non-hydrogen) atoms. The van der Waals surface area contributed by atoms with Gasteiger partial charge in [-0.1, -0.05) is 11.8 Å². The van der Waals surface area contributed by atoms with Gasteiger partial charge in [0, 0.05) is 0 Å². The number of thioether (sulfide) groups is 1. The summed E-state index contributed by atoms with van der Waals surface area (Å²) in [7, 11) is 0. The zero-order chi connectivity index (χ0) is 10.7. The number of nitrogens with one attached hydrogen (secondary N) is 2. The van der Waals surface area contributed by atoms with Crippen LogP contribution in [-0.4, -0.2) is 31.5 Å². The summed E-state index contributed by atoms with van der Waals surface area (Å²) in [6.45, 7) is 1.42. The molecular weight excluding hydrogens is 210 g/mol. The molecule has 3 N–H and O–H groups in total. The Morgan fingerprint density at radius 1 is 1.57 bits per heavy atom. The van der Waals surface area contributed by atoms with Crippen LogP contribution in [0.2, 0.25) is 0 Å². The average Bonchev–Trinajstić information content (AvgIpc) is 2.09. The van der Waals surface area contributed by atoms with Crippen LogP contribution in [0, 0.1) is 0 Å². The van der Waals surface area contributed by atoms with Crippen LogP contribution >= 0.6 is 11.8 Å². The Morgan fingerprint density at radius 2 is 2.21 bits per heavy atom. The Morgan fingerprint density at radius 3 is 2.71 bits per heavy atom. The summed E-state index contributed by atoms with van der Waals surface area (Å²) in [4.78, 5) is 34.0. The van der Waals surface area contributed by atoms with E-state index >= 15 is 0 Å². The Labute approximate surface area is 81.6 Å². The summed E-state index contributed by atoms with van der Waals surface area (Å²) in [5.74, 6) is -1.05. The van der Waals surface area contributed by atoms with E-state index in [1.54, 1.807) is 0 Å². The van der Waals surface area contributed by atoms with Gasteiger partial charge in [-0.2, -0.15) is 5.10 Å². The van der Waals surface area contributed by atoms with Crippen LogP contribution in [0.15, 0.2) is 14.6 Å². The second-order valence-corrected chi connectivity index (χ2v) is 3.74. The first kappa shape index (κ1) is 10.5. The summed E-state index contributed by atoms with van der Waals surface area (Å²) in [5, 5.41) is 13.1. The molecule has 0 aliphatic rings. The van der Waals surface area contributed by atoms with Crippen LogP contribution in [-0.2, 0) is 4.79 Å². The molecule has 1 atom stereocenters. The maximum atomic E-state index is 11.0. The van der Waals surface area contributed by atoms with E-state index in [2.05, 4.69) is 5.10 Å². The molecule has 0 saturated carbocycles. The summed E-state index contributed by atoms with van der Waals surface area (Å²) in [6, 6.07) is 0. The number of carboxylic acid groups (broad SMARTS) is 1. The van der Waals surface area contributed by atoms with Crippen molar-refractivity contribution in [2.45, 2.75) is 17.2 Å². The number of aliphatic carboxylic acids is 1. The van der Waals surface area contributed by atoms with Gasteiger partial charge in [-0.15, -0.1) is 0 Å². The lowest BCUT2D eigenvalue weighted by atomic mass is 10.5. The molecule has 1 rings (SSSR count). The van der Waals surface area contributed by atoms with Crippen LogP contribution in [0.3, 0.4) is 0 Å². The number of hydrogen-bond donors (Lipinski definition) is 3. The molecule has 0 saturated heterocycles. The smallest absolute Gasteiger partial charge is 0.342 e. The van der Waals surface area contributed by atoms with Crippen molar-refractivity contribution in [3.63, 3.8) is 0 Å². The standard InChI is InChI=1S/C6H7N3O4S/c1-2(5(11)12)14-4-3(10)7-6(13)9-8-4/h2H,1H3,(H,11,12)(H2,7,9,10,13)/t2-/m0/s1. The molecule has 1 aromatic rings. The number of aromatic amines is 2. The number of hydrogen-bond acceptors (Lipinski definition) is 5. The minimum absolute atomic E-state index is 0.0699. The number of nitrogens with zero attached hydrogens (tertiary/aromatic N) is 1. The number of aromatic nitrogens is 3. The van der Waals surface area contributed by atoms with Crippen LogP contribution in [0.5, 0.6) is 0 Å². The average molecular weight is 217 g/mol. The molecule has 0 amide bonds. The lowest BCUT2D eigenvalue weighted by molar-refractivity contribution is -0.136. The molecule has 1 aromatic heterocycles. The normalized spacial score (nSPS) is 12.4. The second kappa shape index (κ2) is 4.09. The predicted molar refractivity (Wildman–Crippen MR) is 48.4 cm³/mol. The first-order chi connectivity index (χ1) is 6.50. The van der Waals surface area contributed by atoms with Gasteiger partial charge in [0.05, 0.1) is 0 Å². The van der Waals surface area contributed by atoms with Crippen LogP contribution in [0.1, 0.15) is 6.92 Å². The molecule has 1 heterocycles. The van der Waals surface area contributed by atoms with E-state index in [1.165, 1.54) is 6.92 Å². The van der Waals surface area contributed by atoms with Crippen molar-refractivity contribution in [1.29, 1.82) is 0 Å². The third kappa shape index (κ3) is 2.46. The highest BCUT2D eigenvalue weighted by Crippen LogP contribution is 2.15. The van der Waals surface area contributed by atoms with Gasteiger partial charge in [-0.25, -0.2) is 9.89 Å². The molecule has 0 aliphatic heterocycles. The van der Waals surface area contributed by atoms with E-state index in [4.69, 9.17) is 5.11 Å². The monoisotopic (exact) mass is 217 g/mol. The van der Waals surface area contributed by atoms with Crippen molar-refractivity contribution in [2.24, 2.45) is 0 Å². The fourth-order valence-electron chi connectivity index (χ4n) is 0.635.